The molecule has 4 aromatic heterocycles. The Morgan fingerprint density at radius 1 is 0.360 bits per heavy atom. The summed E-state index contributed by atoms with van der Waals surface area (Å²) >= 11 is 0. The van der Waals surface area contributed by atoms with E-state index in [0.29, 0.717) is 6.61 Å². The molecule has 0 aliphatic carbocycles. The number of hydrogen-bond donors (Lipinski definition) is 1. The van der Waals surface area contributed by atoms with Gasteiger partial charge in [0.1, 0.15) is 66.2 Å². The molecule has 0 aliphatic heterocycles. The third-order valence-electron chi connectivity index (χ3n) is 13.6. The van der Waals surface area contributed by atoms with Gasteiger partial charge in [-0.15, -0.1) is 0 Å². The summed E-state index contributed by atoms with van der Waals surface area (Å²) in [6.07, 6.45) is 0. The molecule has 0 saturated heterocycles. The van der Waals surface area contributed by atoms with E-state index in [2.05, 4.69) is 20.4 Å². The van der Waals surface area contributed by atoms with Crippen LogP contribution in [0.2, 0.25) is 0 Å². The van der Waals surface area contributed by atoms with E-state index in [1.54, 1.807) is 44.0 Å². The van der Waals surface area contributed by atoms with Crippen molar-refractivity contribution in [2.24, 2.45) is 0 Å². The van der Waals surface area contributed by atoms with Crippen LogP contribution in [0, 0.1) is 0 Å². The van der Waals surface area contributed by atoms with Crippen LogP contribution in [0.25, 0.3) is 88.6 Å². The number of hydrogen-bond acceptors (Lipinski definition) is 15. The molecular weight excluding hydrogens is 1090 g/mol. The quantitative estimate of drug-likeness (QED) is 0.0746. The van der Waals surface area contributed by atoms with Crippen LogP contribution in [0.15, 0.2) is 200 Å². The zero-order valence-electron chi connectivity index (χ0n) is 48.2. The number of fused-ring (bicyclic) bond motifs is 4. The Labute approximate surface area is 495 Å². The molecule has 12 aromatic rings. The van der Waals surface area contributed by atoms with Crippen molar-refractivity contribution >= 4 is 67.5 Å². The number of ether oxygens (including phenoxy) is 6. The molecule has 0 spiro atoms. The second-order valence-electron chi connectivity index (χ2n) is 19.0. The molecule has 1 N–H and O–H groups in total. The summed E-state index contributed by atoms with van der Waals surface area (Å²) in [5, 5.41) is 31.8. The largest absolute Gasteiger partial charge is 0.508 e. The van der Waals surface area contributed by atoms with E-state index in [0.717, 1.165) is 100 Å². The van der Waals surface area contributed by atoms with Gasteiger partial charge >= 0.3 is 23.9 Å². The number of esters is 4. The maximum Gasteiger partial charge on any atom is 0.327 e. The number of para-hydroxylation sites is 4. The standard InChI is InChI=1S/C18H18N2O3.C17H16N2O3.C16H14N2O3.C16H14N2O2/c1-3-23-14-8-6-7-13(11-14)18-15-9-4-5-10-16(15)20(19-18)12-17(21)22-2;1-21-13-7-5-6-12(10-13)17-14-8-3-4-9-15(14)19(18-17)11-16(20)22-2;1-21-15(20)10-18-14-8-3-2-7-13(14)16(17-18)11-5-4-6-12(19)9-11;1-20-15(19)11-18-14-10-6-5-9-13(14)16(17-18)12-7-3-2-4-8-12/h4-11H,3,12H2,1-2H3;3-10H,11H2,1-2H3;2-9,19H,10H2,1H3;2-10H,11H2,1H3. The first-order chi connectivity index (χ1) is 41.9. The highest BCUT2D eigenvalue weighted by molar-refractivity contribution is 5.97. The molecule has 0 radical (unpaired) electrons. The maximum atomic E-state index is 11.6. The molecule has 0 atom stereocenters. The zero-order chi connectivity index (χ0) is 60.5. The molecule has 0 saturated carbocycles. The third-order valence-corrected chi connectivity index (χ3v) is 13.6. The van der Waals surface area contributed by atoms with Crippen LogP contribution < -0.4 is 9.47 Å². The van der Waals surface area contributed by atoms with Crippen molar-refractivity contribution in [2.45, 2.75) is 33.1 Å². The lowest BCUT2D eigenvalue weighted by Crippen LogP contribution is -2.12. The van der Waals surface area contributed by atoms with Gasteiger partial charge in [-0.2, -0.15) is 20.4 Å². The number of rotatable bonds is 15. The van der Waals surface area contributed by atoms with Crippen molar-refractivity contribution in [2.75, 3.05) is 42.2 Å². The average molecular weight is 1160 g/mol. The molecule has 0 bridgehead atoms. The van der Waals surface area contributed by atoms with Crippen LogP contribution in [-0.4, -0.2) is 110 Å². The van der Waals surface area contributed by atoms with Gasteiger partial charge < -0.3 is 33.5 Å². The lowest BCUT2D eigenvalue weighted by atomic mass is 10.1. The van der Waals surface area contributed by atoms with Gasteiger partial charge in [-0.1, -0.05) is 140 Å². The topological polar surface area (TPSA) is 215 Å². The molecule has 0 amide bonds. The number of phenolic OH excluding ortho intramolecular Hbond substituents is 1. The van der Waals surface area contributed by atoms with E-state index >= 15 is 0 Å². The van der Waals surface area contributed by atoms with E-state index in [4.69, 9.17) is 28.4 Å². The first-order valence-corrected chi connectivity index (χ1v) is 27.3. The van der Waals surface area contributed by atoms with Crippen LogP contribution >= 0.6 is 0 Å². The minimum absolute atomic E-state index is 0.0514. The second-order valence-corrected chi connectivity index (χ2v) is 19.0. The lowest BCUT2D eigenvalue weighted by Gasteiger charge is -2.04. The van der Waals surface area contributed by atoms with Gasteiger partial charge in [0.15, 0.2) is 0 Å². The Morgan fingerprint density at radius 3 is 1.01 bits per heavy atom. The van der Waals surface area contributed by atoms with E-state index in [1.165, 1.54) is 28.4 Å². The fraction of sp³-hybridized carbons (Fsp3) is 0.164. The second kappa shape index (κ2) is 28.3. The molecule has 19 heteroatoms. The normalized spacial score (nSPS) is 10.7. The van der Waals surface area contributed by atoms with Crippen molar-refractivity contribution in [3.05, 3.63) is 200 Å². The summed E-state index contributed by atoms with van der Waals surface area (Å²) in [4.78, 5) is 46.2. The van der Waals surface area contributed by atoms with E-state index < -0.39 is 0 Å². The van der Waals surface area contributed by atoms with Gasteiger partial charge in [-0.25, -0.2) is 0 Å². The monoisotopic (exact) mass is 1150 g/mol. The Bertz CT molecular complexity index is 4320. The molecule has 12 rings (SSSR count). The van der Waals surface area contributed by atoms with Gasteiger partial charge in [0.05, 0.1) is 64.2 Å². The van der Waals surface area contributed by atoms with Gasteiger partial charge in [0.25, 0.3) is 0 Å². The number of aromatic hydroxyl groups is 1. The van der Waals surface area contributed by atoms with Crippen molar-refractivity contribution in [1.29, 1.82) is 0 Å². The average Bonchev–Trinajstić information content (AvgIpc) is 2.97. The number of phenols is 1. The molecule has 4 heterocycles. The summed E-state index contributed by atoms with van der Waals surface area (Å²) in [5.41, 5.74) is 10.6. The fourth-order valence-corrected chi connectivity index (χ4v) is 9.51. The summed E-state index contributed by atoms with van der Waals surface area (Å²) in [5.74, 6) is 0.432. The smallest absolute Gasteiger partial charge is 0.327 e. The Kier molecular flexibility index (Phi) is 19.6. The maximum absolute atomic E-state index is 11.6. The van der Waals surface area contributed by atoms with Crippen molar-refractivity contribution in [3.8, 4) is 62.3 Å². The van der Waals surface area contributed by atoms with Crippen molar-refractivity contribution in [3.63, 3.8) is 0 Å². The molecular formula is C67H62N8O11. The van der Waals surface area contributed by atoms with Gasteiger partial charge in [-0.3, -0.25) is 37.9 Å². The van der Waals surface area contributed by atoms with E-state index in [-0.39, 0.29) is 55.8 Å². The van der Waals surface area contributed by atoms with E-state index in [1.807, 2.05) is 189 Å². The highest BCUT2D eigenvalue weighted by Gasteiger charge is 2.19. The predicted octanol–water partition coefficient (Wildman–Crippen LogP) is 11.6. The van der Waals surface area contributed by atoms with Crippen LogP contribution in [0.1, 0.15) is 6.92 Å². The molecule has 0 aliphatic rings. The van der Waals surface area contributed by atoms with Crippen molar-refractivity contribution < 1.29 is 52.7 Å². The minimum Gasteiger partial charge on any atom is -0.508 e. The molecule has 19 nitrogen and oxygen atoms in total. The number of aromatic nitrogens is 8. The molecule has 0 unspecified atom stereocenters. The summed E-state index contributed by atoms with van der Waals surface area (Å²) in [6.45, 7) is 2.90. The predicted molar refractivity (Wildman–Crippen MR) is 328 cm³/mol. The SMILES string of the molecule is CCOc1cccc(-c2nn(CC(=O)OC)c3ccccc23)c1.COC(=O)Cn1nc(-c2cccc(O)c2)c2ccccc21.COC(=O)Cn1nc(-c2cccc(OC)c2)c2ccccc21.COC(=O)Cn1nc(-c2ccccc2)c2ccccc21. The van der Waals surface area contributed by atoms with Crippen LogP contribution in [0.3, 0.4) is 0 Å². The number of carbonyl (C=O) groups is 4. The zero-order valence-corrected chi connectivity index (χ0v) is 48.2. The summed E-state index contributed by atoms with van der Waals surface area (Å²) < 4.78 is 36.4. The number of nitrogens with zero attached hydrogens (tertiary/aromatic N) is 8. The lowest BCUT2D eigenvalue weighted by molar-refractivity contribution is -0.142. The molecule has 8 aromatic carbocycles. The van der Waals surface area contributed by atoms with Crippen LogP contribution in [0.4, 0.5) is 0 Å². The number of carbonyl (C=O) groups excluding carboxylic acids is 4. The Morgan fingerprint density at radius 2 is 0.663 bits per heavy atom. The molecule has 0 fully saturated rings. The minimum atomic E-state index is -0.356. The first-order valence-electron chi connectivity index (χ1n) is 27.3. The van der Waals surface area contributed by atoms with Gasteiger partial charge in [0.2, 0.25) is 0 Å². The number of benzene rings is 8. The highest BCUT2D eigenvalue weighted by Crippen LogP contribution is 2.34. The number of methoxy groups -OCH3 is 5. The Hall–Kier alpha value is -11.1. The molecule has 436 valence electrons. The van der Waals surface area contributed by atoms with Gasteiger partial charge in [-0.05, 0) is 67.6 Å². The van der Waals surface area contributed by atoms with Gasteiger partial charge in [0, 0.05) is 43.8 Å². The van der Waals surface area contributed by atoms with Crippen LogP contribution in [-0.2, 0) is 64.3 Å². The highest BCUT2D eigenvalue weighted by atomic mass is 16.5. The van der Waals surface area contributed by atoms with Crippen LogP contribution in [0.5, 0.6) is 17.2 Å². The Balaban J connectivity index is 0.000000137. The molecule has 86 heavy (non-hydrogen) atoms. The fourth-order valence-electron chi connectivity index (χ4n) is 9.51. The third kappa shape index (κ3) is 14.0. The first kappa shape index (κ1) is 59.5. The summed E-state index contributed by atoms with van der Waals surface area (Å²) in [7, 11) is 7.11. The summed E-state index contributed by atoms with van der Waals surface area (Å²) in [6, 6.07) is 63.5. The van der Waals surface area contributed by atoms with E-state index in [9.17, 15) is 24.3 Å². The van der Waals surface area contributed by atoms with Crippen molar-refractivity contribution in [1.82, 2.24) is 39.1 Å².